The van der Waals surface area contributed by atoms with E-state index >= 15 is 0 Å². The molecule has 6 nitrogen and oxygen atoms in total. The Morgan fingerprint density at radius 2 is 2.08 bits per heavy atom. The molecule has 0 spiro atoms. The van der Waals surface area contributed by atoms with Crippen molar-refractivity contribution >= 4 is 17.4 Å². The molecule has 1 unspecified atom stereocenters. The molecule has 1 atom stereocenters. The van der Waals surface area contributed by atoms with E-state index in [-0.39, 0.29) is 6.04 Å². The van der Waals surface area contributed by atoms with Crippen LogP contribution in [-0.4, -0.2) is 33.4 Å². The van der Waals surface area contributed by atoms with Gasteiger partial charge in [-0.25, -0.2) is 9.97 Å². The van der Waals surface area contributed by atoms with E-state index in [0.717, 1.165) is 53.9 Å². The molecule has 0 aliphatic carbocycles. The van der Waals surface area contributed by atoms with Crippen LogP contribution in [0.1, 0.15) is 55.5 Å². The van der Waals surface area contributed by atoms with E-state index in [0.29, 0.717) is 18.3 Å². The summed E-state index contributed by atoms with van der Waals surface area (Å²) in [7, 11) is 1.66. The molecule has 0 amide bonds. The van der Waals surface area contributed by atoms with Crippen LogP contribution in [0.3, 0.4) is 0 Å². The Morgan fingerprint density at radius 1 is 1.31 bits per heavy atom. The second-order valence-corrected chi connectivity index (χ2v) is 7.79. The first-order valence-electron chi connectivity index (χ1n) is 9.23. The van der Waals surface area contributed by atoms with Crippen molar-refractivity contribution in [2.24, 2.45) is 5.92 Å². The van der Waals surface area contributed by atoms with Crippen molar-refractivity contribution in [3.63, 3.8) is 0 Å². The number of aryl methyl sites for hydroxylation is 2. The molecular formula is C19H28ClN5O. The summed E-state index contributed by atoms with van der Waals surface area (Å²) >= 11 is 6.74. The summed E-state index contributed by atoms with van der Waals surface area (Å²) in [6.45, 7) is 10.6. The van der Waals surface area contributed by atoms with Crippen LogP contribution in [0.4, 0.5) is 5.82 Å². The van der Waals surface area contributed by atoms with Gasteiger partial charge in [0.2, 0.25) is 0 Å². The quantitative estimate of drug-likeness (QED) is 0.758. The lowest BCUT2D eigenvalue weighted by atomic mass is 10.1. The van der Waals surface area contributed by atoms with Gasteiger partial charge in [0.1, 0.15) is 17.6 Å². The van der Waals surface area contributed by atoms with Crippen molar-refractivity contribution < 1.29 is 4.74 Å². The molecule has 2 aromatic heterocycles. The van der Waals surface area contributed by atoms with Gasteiger partial charge in [-0.15, -0.1) is 0 Å². The summed E-state index contributed by atoms with van der Waals surface area (Å²) in [5, 5.41) is 5.45. The van der Waals surface area contributed by atoms with E-state index in [1.165, 1.54) is 0 Å². The number of nitrogens with zero attached hydrogens (tertiary/aromatic N) is 5. The highest BCUT2D eigenvalue weighted by molar-refractivity contribution is 6.30. The van der Waals surface area contributed by atoms with Crippen molar-refractivity contribution in [1.29, 1.82) is 0 Å². The molecule has 3 rings (SSSR count). The second kappa shape index (κ2) is 7.92. The molecule has 0 aromatic carbocycles. The fraction of sp³-hybridized carbons (Fsp3) is 0.632. The predicted molar refractivity (Wildman–Crippen MR) is 104 cm³/mol. The zero-order chi connectivity index (χ0) is 18.8. The second-order valence-electron chi connectivity index (χ2n) is 7.43. The van der Waals surface area contributed by atoms with Gasteiger partial charge in [-0.3, -0.25) is 4.68 Å². The van der Waals surface area contributed by atoms with Crippen LogP contribution in [0.15, 0.2) is 6.07 Å². The maximum Gasteiger partial charge on any atom is 0.156 e. The third kappa shape index (κ3) is 3.86. The maximum absolute atomic E-state index is 6.74. The van der Waals surface area contributed by atoms with Crippen LogP contribution in [0.25, 0.3) is 0 Å². The van der Waals surface area contributed by atoms with Gasteiger partial charge in [0.05, 0.1) is 11.7 Å². The van der Waals surface area contributed by atoms with Crippen LogP contribution >= 0.6 is 11.6 Å². The van der Waals surface area contributed by atoms with Crippen molar-refractivity contribution in [1.82, 2.24) is 19.7 Å². The Bertz CT molecular complexity index is 774. The Kier molecular flexibility index (Phi) is 5.82. The largest absolute Gasteiger partial charge is 0.377 e. The van der Waals surface area contributed by atoms with Crippen molar-refractivity contribution in [2.75, 3.05) is 18.6 Å². The number of ether oxygens (including phenoxy) is 1. The van der Waals surface area contributed by atoms with Crippen LogP contribution in [0.5, 0.6) is 0 Å². The van der Waals surface area contributed by atoms with Gasteiger partial charge in [-0.2, -0.15) is 5.10 Å². The van der Waals surface area contributed by atoms with Crippen LogP contribution in [0, 0.1) is 19.8 Å². The zero-order valence-corrected chi connectivity index (χ0v) is 17.0. The average Bonchev–Trinajstić information content (AvgIpc) is 3.12. The van der Waals surface area contributed by atoms with Crippen LogP contribution < -0.4 is 4.90 Å². The van der Waals surface area contributed by atoms with Crippen LogP contribution in [-0.2, 0) is 17.9 Å². The molecule has 0 saturated carbocycles. The topological polar surface area (TPSA) is 56.1 Å². The van der Waals surface area contributed by atoms with Crippen LogP contribution in [0.2, 0.25) is 5.15 Å². The normalized spacial score (nSPS) is 17.5. The van der Waals surface area contributed by atoms with E-state index in [1.54, 1.807) is 7.11 Å². The van der Waals surface area contributed by atoms with Gasteiger partial charge in [0.15, 0.2) is 5.82 Å². The van der Waals surface area contributed by atoms with Gasteiger partial charge in [0, 0.05) is 37.5 Å². The molecule has 1 fully saturated rings. The Balaban J connectivity index is 1.96. The van der Waals surface area contributed by atoms with E-state index < -0.39 is 0 Å². The van der Waals surface area contributed by atoms with E-state index in [4.69, 9.17) is 26.4 Å². The molecular weight excluding hydrogens is 350 g/mol. The summed E-state index contributed by atoms with van der Waals surface area (Å²) in [4.78, 5) is 11.5. The first kappa shape index (κ1) is 19.1. The number of hydrogen-bond donors (Lipinski definition) is 0. The summed E-state index contributed by atoms with van der Waals surface area (Å²) < 4.78 is 7.15. The number of hydrogen-bond acceptors (Lipinski definition) is 5. The summed E-state index contributed by atoms with van der Waals surface area (Å²) in [6.07, 6.45) is 2.16. The monoisotopic (exact) mass is 377 g/mol. The highest BCUT2D eigenvalue weighted by Crippen LogP contribution is 2.40. The smallest absolute Gasteiger partial charge is 0.156 e. The van der Waals surface area contributed by atoms with Gasteiger partial charge >= 0.3 is 0 Å². The fourth-order valence-corrected chi connectivity index (χ4v) is 4.08. The van der Waals surface area contributed by atoms with Crippen molar-refractivity contribution in [2.45, 2.75) is 59.7 Å². The minimum Gasteiger partial charge on any atom is -0.377 e. The Labute approximate surface area is 160 Å². The van der Waals surface area contributed by atoms with E-state index in [1.807, 2.05) is 17.7 Å². The average molecular weight is 378 g/mol. The summed E-state index contributed by atoms with van der Waals surface area (Å²) in [5.41, 5.74) is 3.09. The molecule has 2 aromatic rings. The van der Waals surface area contributed by atoms with Gasteiger partial charge in [-0.1, -0.05) is 25.4 Å². The lowest BCUT2D eigenvalue weighted by Gasteiger charge is -2.26. The molecule has 0 bridgehead atoms. The molecule has 142 valence electrons. The number of aromatic nitrogens is 4. The third-order valence-electron chi connectivity index (χ3n) is 4.69. The minimum atomic E-state index is 0.202. The summed E-state index contributed by atoms with van der Waals surface area (Å²) in [5.74, 6) is 2.16. The molecule has 1 aliphatic heterocycles. The molecule has 3 heterocycles. The first-order chi connectivity index (χ1) is 12.4. The molecule has 7 heteroatoms. The number of anilines is 1. The Morgan fingerprint density at radius 3 is 2.77 bits per heavy atom. The van der Waals surface area contributed by atoms with Crippen molar-refractivity contribution in [3.8, 4) is 0 Å². The number of methoxy groups -OCH3 is 1. The van der Waals surface area contributed by atoms with E-state index in [2.05, 4.69) is 30.7 Å². The van der Waals surface area contributed by atoms with Gasteiger partial charge < -0.3 is 9.64 Å². The Hall–Kier alpha value is -1.66. The number of rotatable bonds is 6. The molecule has 1 saturated heterocycles. The molecule has 0 N–H and O–H groups in total. The maximum atomic E-state index is 6.74. The summed E-state index contributed by atoms with van der Waals surface area (Å²) in [6, 6.07) is 2.24. The molecule has 26 heavy (non-hydrogen) atoms. The standard InChI is InChI=1S/C19H28ClN5O/c1-12(2)10-25-19(20)18(14(4)23-25)15-7-6-8-24(15)17-9-13(3)21-16(22-17)11-26-5/h9,12,15H,6-8,10-11H2,1-5H3. The van der Waals surface area contributed by atoms with E-state index in [9.17, 15) is 0 Å². The van der Waals surface area contributed by atoms with Gasteiger partial charge in [0.25, 0.3) is 0 Å². The SMILES string of the molecule is COCc1nc(C)cc(N2CCCC2c2c(C)nn(CC(C)C)c2Cl)n1. The van der Waals surface area contributed by atoms with Gasteiger partial charge in [-0.05, 0) is 32.6 Å². The fourth-order valence-electron chi connectivity index (χ4n) is 3.71. The third-order valence-corrected chi connectivity index (χ3v) is 5.09. The number of halogens is 1. The molecule has 0 radical (unpaired) electrons. The van der Waals surface area contributed by atoms with Crippen molar-refractivity contribution in [3.05, 3.63) is 34.0 Å². The predicted octanol–water partition coefficient (Wildman–Crippen LogP) is 4.09. The lowest BCUT2D eigenvalue weighted by Crippen LogP contribution is -2.25. The highest BCUT2D eigenvalue weighted by Gasteiger charge is 2.32. The minimum absolute atomic E-state index is 0.202. The highest BCUT2D eigenvalue weighted by atomic mass is 35.5. The molecule has 1 aliphatic rings. The lowest BCUT2D eigenvalue weighted by molar-refractivity contribution is 0.177. The first-order valence-corrected chi connectivity index (χ1v) is 9.61. The zero-order valence-electron chi connectivity index (χ0n) is 16.3.